The largest absolute Gasteiger partial charge is 0.355 e. The van der Waals surface area contributed by atoms with E-state index in [0.717, 1.165) is 43.6 Å². The van der Waals surface area contributed by atoms with E-state index < -0.39 is 0 Å². The average Bonchev–Trinajstić information content (AvgIpc) is 2.90. The zero-order valence-corrected chi connectivity index (χ0v) is 13.2. The molecule has 108 valence electrons. The lowest BCUT2D eigenvalue weighted by molar-refractivity contribution is 0.357. The Bertz CT molecular complexity index is 388. The Hall–Kier alpha value is -1.14. The van der Waals surface area contributed by atoms with Gasteiger partial charge >= 0.3 is 0 Å². The molecule has 0 aliphatic heterocycles. The van der Waals surface area contributed by atoms with E-state index in [1.807, 2.05) is 6.20 Å². The second-order valence-corrected chi connectivity index (χ2v) is 5.52. The molecule has 0 spiro atoms. The maximum Gasteiger partial charge on any atom is 0.191 e. The summed E-state index contributed by atoms with van der Waals surface area (Å²) in [5.41, 5.74) is 0. The van der Waals surface area contributed by atoms with Crippen LogP contribution in [0.4, 0.5) is 0 Å². The number of nitrogens with zero attached hydrogens (tertiary/aromatic N) is 3. The van der Waals surface area contributed by atoms with Crippen LogP contribution in [0.25, 0.3) is 0 Å². The van der Waals surface area contributed by atoms with E-state index in [1.165, 1.54) is 4.88 Å². The molecule has 0 saturated carbocycles. The smallest absolute Gasteiger partial charge is 0.191 e. The van der Waals surface area contributed by atoms with E-state index >= 15 is 0 Å². The fraction of sp³-hybridized carbons (Fsp3) is 0.692. The maximum atomic E-state index is 4.38. The monoisotopic (exact) mass is 283 g/mol. The van der Waals surface area contributed by atoms with Crippen LogP contribution in [0.15, 0.2) is 11.2 Å². The third-order valence-electron chi connectivity index (χ3n) is 2.91. The number of hydrogen-bond acceptors (Lipinski definition) is 4. The molecule has 0 radical (unpaired) electrons. The number of hydrogen-bond donors (Lipinski definition) is 2. The normalized spacial score (nSPS) is 11.9. The van der Waals surface area contributed by atoms with Crippen molar-refractivity contribution in [3.05, 3.63) is 16.1 Å². The lowest BCUT2D eigenvalue weighted by Gasteiger charge is -2.16. The highest BCUT2D eigenvalue weighted by Crippen LogP contribution is 2.12. The number of aromatic nitrogens is 1. The molecule has 0 saturated heterocycles. The van der Waals surface area contributed by atoms with Gasteiger partial charge < -0.3 is 15.5 Å². The number of thiazole rings is 1. The molecule has 0 aromatic carbocycles. The van der Waals surface area contributed by atoms with Gasteiger partial charge in [-0.05, 0) is 20.0 Å². The van der Waals surface area contributed by atoms with E-state index in [4.69, 9.17) is 0 Å². The van der Waals surface area contributed by atoms with Crippen molar-refractivity contribution in [3.8, 4) is 0 Å². The summed E-state index contributed by atoms with van der Waals surface area (Å²) >= 11 is 1.75. The second kappa shape index (κ2) is 8.87. The first-order valence-corrected chi connectivity index (χ1v) is 7.57. The van der Waals surface area contributed by atoms with Gasteiger partial charge in [0.2, 0.25) is 0 Å². The molecule has 5 nitrogen and oxygen atoms in total. The highest BCUT2D eigenvalue weighted by molar-refractivity contribution is 7.11. The van der Waals surface area contributed by atoms with Crippen molar-refractivity contribution in [2.45, 2.75) is 26.8 Å². The molecule has 0 unspecified atom stereocenters. The molecule has 1 aromatic heterocycles. The van der Waals surface area contributed by atoms with Crippen LogP contribution < -0.4 is 10.6 Å². The summed E-state index contributed by atoms with van der Waals surface area (Å²) in [6.07, 6.45) is 3.00. The van der Waals surface area contributed by atoms with Gasteiger partial charge in [0.05, 0.1) is 6.54 Å². The molecule has 0 fully saturated rings. The van der Waals surface area contributed by atoms with Crippen molar-refractivity contribution in [1.29, 1.82) is 0 Å². The second-order valence-electron chi connectivity index (χ2n) is 4.32. The molecule has 0 bridgehead atoms. The Kier molecular flexibility index (Phi) is 7.43. The first-order valence-electron chi connectivity index (χ1n) is 6.76. The highest BCUT2D eigenvalue weighted by Gasteiger charge is 2.02. The van der Waals surface area contributed by atoms with Gasteiger partial charge in [0, 0.05) is 31.2 Å². The minimum Gasteiger partial charge on any atom is -0.355 e. The molecule has 1 rings (SSSR count). The molecular weight excluding hydrogens is 258 g/mol. The lowest BCUT2D eigenvalue weighted by atomic mass is 10.4. The summed E-state index contributed by atoms with van der Waals surface area (Å²) in [6, 6.07) is 0. The van der Waals surface area contributed by atoms with Gasteiger partial charge in [0.15, 0.2) is 5.96 Å². The van der Waals surface area contributed by atoms with E-state index in [1.54, 1.807) is 18.4 Å². The number of guanidine groups is 1. The van der Waals surface area contributed by atoms with Crippen molar-refractivity contribution < 1.29 is 0 Å². The predicted octanol–water partition coefficient (Wildman–Crippen LogP) is 1.32. The van der Waals surface area contributed by atoms with Crippen LogP contribution in [0.2, 0.25) is 0 Å². The summed E-state index contributed by atoms with van der Waals surface area (Å²) in [5, 5.41) is 7.69. The molecule has 0 atom stereocenters. The number of aryl methyl sites for hydroxylation is 1. The number of nitrogens with one attached hydrogen (secondary N) is 2. The molecule has 1 heterocycles. The van der Waals surface area contributed by atoms with Crippen LogP contribution in [0.3, 0.4) is 0 Å². The molecule has 2 N–H and O–H groups in total. The van der Waals surface area contributed by atoms with Crippen LogP contribution in [0, 0.1) is 0 Å². The van der Waals surface area contributed by atoms with Crippen LogP contribution in [0.5, 0.6) is 0 Å². The van der Waals surface area contributed by atoms with Gasteiger partial charge in [-0.15, -0.1) is 11.3 Å². The van der Waals surface area contributed by atoms with Gasteiger partial charge in [-0.25, -0.2) is 4.98 Å². The number of aliphatic imine (C=N–C) groups is 1. The fourth-order valence-corrected chi connectivity index (χ4v) is 2.30. The van der Waals surface area contributed by atoms with Gasteiger partial charge in [0.25, 0.3) is 0 Å². The topological polar surface area (TPSA) is 52.6 Å². The van der Waals surface area contributed by atoms with Gasteiger partial charge in [0.1, 0.15) is 5.01 Å². The number of rotatable bonds is 7. The summed E-state index contributed by atoms with van der Waals surface area (Å²) in [7, 11) is 3.90. The quantitative estimate of drug-likeness (QED) is 0.585. The van der Waals surface area contributed by atoms with Crippen molar-refractivity contribution in [1.82, 2.24) is 20.5 Å². The van der Waals surface area contributed by atoms with E-state index in [9.17, 15) is 0 Å². The first-order chi connectivity index (χ1) is 9.19. The SMILES string of the molecule is CCc1cnc(CNC(=NC)NCCN(C)CC)s1. The van der Waals surface area contributed by atoms with Crippen LogP contribution in [-0.2, 0) is 13.0 Å². The zero-order valence-electron chi connectivity index (χ0n) is 12.4. The maximum absolute atomic E-state index is 4.38. The van der Waals surface area contributed by atoms with Crippen LogP contribution in [-0.4, -0.2) is 49.6 Å². The standard InChI is InChI=1S/C13H25N5S/c1-5-11-9-16-12(19-11)10-17-13(14-3)15-7-8-18(4)6-2/h9H,5-8,10H2,1-4H3,(H2,14,15,17). The predicted molar refractivity (Wildman–Crippen MR) is 82.9 cm³/mol. The Morgan fingerprint density at radius 2 is 2.21 bits per heavy atom. The third-order valence-corrected chi connectivity index (χ3v) is 4.05. The van der Waals surface area contributed by atoms with Crippen molar-refractivity contribution in [2.24, 2.45) is 4.99 Å². The Labute approximate surface area is 120 Å². The van der Waals surface area contributed by atoms with Gasteiger partial charge in [-0.3, -0.25) is 4.99 Å². The Balaban J connectivity index is 2.29. The summed E-state index contributed by atoms with van der Waals surface area (Å²) < 4.78 is 0. The molecule has 6 heteroatoms. The summed E-state index contributed by atoms with van der Waals surface area (Å²) in [6.45, 7) is 7.99. The van der Waals surface area contributed by atoms with E-state index in [-0.39, 0.29) is 0 Å². The fourth-order valence-electron chi connectivity index (χ4n) is 1.50. The minimum absolute atomic E-state index is 0.730. The third kappa shape index (κ3) is 6.02. The molecule has 0 amide bonds. The van der Waals surface area contributed by atoms with Crippen LogP contribution in [0.1, 0.15) is 23.7 Å². The highest BCUT2D eigenvalue weighted by atomic mass is 32.1. The summed E-state index contributed by atoms with van der Waals surface area (Å²) in [4.78, 5) is 12.2. The van der Waals surface area contributed by atoms with E-state index in [0.29, 0.717) is 0 Å². The summed E-state index contributed by atoms with van der Waals surface area (Å²) in [5.74, 6) is 0.831. The molecule has 0 aliphatic rings. The van der Waals surface area contributed by atoms with Crippen molar-refractivity contribution in [2.75, 3.05) is 33.7 Å². The number of likely N-dealkylation sites (N-methyl/N-ethyl adjacent to an activating group) is 1. The van der Waals surface area contributed by atoms with E-state index in [2.05, 4.69) is 46.4 Å². The molecule has 0 aliphatic carbocycles. The molecule has 1 aromatic rings. The van der Waals surface area contributed by atoms with Gasteiger partial charge in [-0.1, -0.05) is 13.8 Å². The molecular formula is C13H25N5S. The minimum atomic E-state index is 0.730. The Morgan fingerprint density at radius 1 is 1.42 bits per heavy atom. The van der Waals surface area contributed by atoms with Gasteiger partial charge in [-0.2, -0.15) is 0 Å². The van der Waals surface area contributed by atoms with Crippen LogP contribution >= 0.6 is 11.3 Å². The Morgan fingerprint density at radius 3 is 2.79 bits per heavy atom. The first kappa shape index (κ1) is 15.9. The zero-order chi connectivity index (χ0) is 14.1. The molecule has 19 heavy (non-hydrogen) atoms. The van der Waals surface area contributed by atoms with Crippen molar-refractivity contribution in [3.63, 3.8) is 0 Å². The lowest BCUT2D eigenvalue weighted by Crippen LogP contribution is -2.40. The average molecular weight is 283 g/mol. The van der Waals surface area contributed by atoms with Crippen molar-refractivity contribution >= 4 is 17.3 Å².